The number of ether oxygens (including phenoxy) is 1. The van der Waals surface area contributed by atoms with E-state index in [1.807, 2.05) is 24.3 Å². The van der Waals surface area contributed by atoms with Crippen LogP contribution >= 0.6 is 11.6 Å². The van der Waals surface area contributed by atoms with Crippen molar-refractivity contribution in [3.05, 3.63) is 29.3 Å². The zero-order valence-electron chi connectivity index (χ0n) is 10.3. The van der Waals surface area contributed by atoms with Crippen LogP contribution in [0.25, 0.3) is 0 Å². The predicted octanol–water partition coefficient (Wildman–Crippen LogP) is 3.64. The Morgan fingerprint density at radius 2 is 2.24 bits per heavy atom. The first-order valence-corrected chi connectivity index (χ1v) is 6.77. The van der Waals surface area contributed by atoms with Crippen molar-refractivity contribution < 1.29 is 4.74 Å². The number of hydrogen-bond donors (Lipinski definition) is 1. The molecule has 0 spiro atoms. The molecule has 1 saturated carbocycles. The standard InChI is InChI=1S/C14H20ClNO/c1-2-16-10-9-14(7-4-8-14)17-13-6-3-5-12(15)11-13/h3,5-6,11,16H,2,4,7-10H2,1H3. The first kappa shape index (κ1) is 12.7. The summed E-state index contributed by atoms with van der Waals surface area (Å²) in [6, 6.07) is 7.70. The Balaban J connectivity index is 1.94. The lowest BCUT2D eigenvalue weighted by atomic mass is 9.77. The molecular weight excluding hydrogens is 234 g/mol. The summed E-state index contributed by atoms with van der Waals surface area (Å²) >= 11 is 5.97. The SMILES string of the molecule is CCNCCC1(Oc2cccc(Cl)c2)CCC1. The highest BCUT2D eigenvalue weighted by Crippen LogP contribution is 2.39. The van der Waals surface area contributed by atoms with E-state index in [1.165, 1.54) is 6.42 Å². The normalized spacial score (nSPS) is 17.5. The summed E-state index contributed by atoms with van der Waals surface area (Å²) in [6.07, 6.45) is 4.66. The highest BCUT2D eigenvalue weighted by Gasteiger charge is 2.38. The molecule has 0 atom stereocenters. The zero-order valence-corrected chi connectivity index (χ0v) is 11.1. The summed E-state index contributed by atoms with van der Waals surface area (Å²) in [4.78, 5) is 0. The molecule has 1 aromatic carbocycles. The fourth-order valence-electron chi connectivity index (χ4n) is 2.25. The molecule has 94 valence electrons. The van der Waals surface area contributed by atoms with Crippen molar-refractivity contribution in [1.29, 1.82) is 0 Å². The van der Waals surface area contributed by atoms with Crippen LogP contribution in [-0.2, 0) is 0 Å². The lowest BCUT2D eigenvalue weighted by Crippen LogP contribution is -2.45. The maximum Gasteiger partial charge on any atom is 0.121 e. The van der Waals surface area contributed by atoms with Gasteiger partial charge in [0.25, 0.3) is 0 Å². The van der Waals surface area contributed by atoms with Crippen LogP contribution in [0.5, 0.6) is 5.75 Å². The average molecular weight is 254 g/mol. The zero-order chi connectivity index (χ0) is 12.1. The van der Waals surface area contributed by atoms with Gasteiger partial charge in [0.15, 0.2) is 0 Å². The lowest BCUT2D eigenvalue weighted by Gasteiger charge is -2.42. The molecule has 1 aromatic rings. The average Bonchev–Trinajstić information content (AvgIpc) is 2.26. The van der Waals surface area contributed by atoms with Gasteiger partial charge in [-0.05, 0) is 57.0 Å². The minimum atomic E-state index is 0.0485. The topological polar surface area (TPSA) is 21.3 Å². The van der Waals surface area contributed by atoms with E-state index >= 15 is 0 Å². The van der Waals surface area contributed by atoms with Crippen LogP contribution in [0.3, 0.4) is 0 Å². The van der Waals surface area contributed by atoms with Crippen LogP contribution in [0, 0.1) is 0 Å². The molecule has 0 amide bonds. The molecular formula is C14H20ClNO. The maximum absolute atomic E-state index is 6.14. The first-order valence-electron chi connectivity index (χ1n) is 6.39. The summed E-state index contributed by atoms with van der Waals surface area (Å²) in [5.74, 6) is 0.897. The molecule has 0 aromatic heterocycles. The lowest BCUT2D eigenvalue weighted by molar-refractivity contribution is -0.0141. The van der Waals surface area contributed by atoms with Crippen molar-refractivity contribution in [2.45, 2.75) is 38.2 Å². The van der Waals surface area contributed by atoms with Gasteiger partial charge in [-0.15, -0.1) is 0 Å². The van der Waals surface area contributed by atoms with Gasteiger partial charge in [0.2, 0.25) is 0 Å². The summed E-state index contributed by atoms with van der Waals surface area (Å²) in [7, 11) is 0. The van der Waals surface area contributed by atoms with E-state index in [0.717, 1.165) is 43.1 Å². The molecule has 0 aliphatic heterocycles. The van der Waals surface area contributed by atoms with Crippen LogP contribution in [0.2, 0.25) is 5.02 Å². The second kappa shape index (κ2) is 5.74. The van der Waals surface area contributed by atoms with Crippen LogP contribution in [-0.4, -0.2) is 18.7 Å². The molecule has 2 rings (SSSR count). The first-order chi connectivity index (χ1) is 8.24. The summed E-state index contributed by atoms with van der Waals surface area (Å²) in [6.45, 7) is 4.18. The number of hydrogen-bond acceptors (Lipinski definition) is 2. The summed E-state index contributed by atoms with van der Waals surface area (Å²) in [5.41, 5.74) is 0.0485. The smallest absolute Gasteiger partial charge is 0.121 e. The van der Waals surface area contributed by atoms with Crippen LogP contribution < -0.4 is 10.1 Å². The largest absolute Gasteiger partial charge is 0.487 e. The molecule has 0 unspecified atom stereocenters. The van der Waals surface area contributed by atoms with Gasteiger partial charge in [-0.25, -0.2) is 0 Å². The molecule has 1 fully saturated rings. The molecule has 17 heavy (non-hydrogen) atoms. The highest BCUT2D eigenvalue weighted by molar-refractivity contribution is 6.30. The van der Waals surface area contributed by atoms with Crippen molar-refractivity contribution in [3.8, 4) is 5.75 Å². The van der Waals surface area contributed by atoms with Gasteiger partial charge in [-0.3, -0.25) is 0 Å². The Morgan fingerprint density at radius 3 is 2.82 bits per heavy atom. The minimum absolute atomic E-state index is 0.0485. The van der Waals surface area contributed by atoms with Gasteiger partial charge < -0.3 is 10.1 Å². The van der Waals surface area contributed by atoms with Crippen molar-refractivity contribution in [2.75, 3.05) is 13.1 Å². The number of rotatable bonds is 6. The van der Waals surface area contributed by atoms with Crippen molar-refractivity contribution in [3.63, 3.8) is 0 Å². The van der Waals surface area contributed by atoms with Gasteiger partial charge in [-0.2, -0.15) is 0 Å². The monoisotopic (exact) mass is 253 g/mol. The molecule has 0 saturated heterocycles. The van der Waals surface area contributed by atoms with E-state index in [2.05, 4.69) is 12.2 Å². The number of nitrogens with one attached hydrogen (secondary N) is 1. The number of halogens is 1. The number of benzene rings is 1. The Morgan fingerprint density at radius 1 is 1.41 bits per heavy atom. The van der Waals surface area contributed by atoms with Crippen LogP contribution in [0.15, 0.2) is 24.3 Å². The minimum Gasteiger partial charge on any atom is -0.487 e. The predicted molar refractivity (Wildman–Crippen MR) is 71.8 cm³/mol. The van der Waals surface area contributed by atoms with E-state index in [4.69, 9.17) is 16.3 Å². The van der Waals surface area contributed by atoms with Gasteiger partial charge in [0.1, 0.15) is 11.4 Å². The Kier molecular flexibility index (Phi) is 4.30. The van der Waals surface area contributed by atoms with Gasteiger partial charge in [0, 0.05) is 5.02 Å². The second-order valence-electron chi connectivity index (χ2n) is 4.70. The quantitative estimate of drug-likeness (QED) is 0.782. The molecule has 1 N–H and O–H groups in total. The molecule has 3 heteroatoms. The molecule has 0 bridgehead atoms. The van der Waals surface area contributed by atoms with Crippen molar-refractivity contribution >= 4 is 11.6 Å². The molecule has 0 heterocycles. The molecule has 0 radical (unpaired) electrons. The second-order valence-corrected chi connectivity index (χ2v) is 5.14. The molecule has 2 nitrogen and oxygen atoms in total. The van der Waals surface area contributed by atoms with Crippen molar-refractivity contribution in [1.82, 2.24) is 5.32 Å². The Hall–Kier alpha value is -0.730. The fourth-order valence-corrected chi connectivity index (χ4v) is 2.43. The third-order valence-corrected chi connectivity index (χ3v) is 3.64. The third-order valence-electron chi connectivity index (χ3n) is 3.40. The molecule has 1 aliphatic carbocycles. The van der Waals surface area contributed by atoms with E-state index < -0.39 is 0 Å². The fraction of sp³-hybridized carbons (Fsp3) is 0.571. The highest BCUT2D eigenvalue weighted by atomic mass is 35.5. The van der Waals surface area contributed by atoms with E-state index in [-0.39, 0.29) is 5.60 Å². The maximum atomic E-state index is 6.14. The Bertz CT molecular complexity index is 363. The summed E-state index contributed by atoms with van der Waals surface area (Å²) in [5, 5.41) is 4.10. The van der Waals surface area contributed by atoms with Gasteiger partial charge in [0.05, 0.1) is 0 Å². The van der Waals surface area contributed by atoms with Crippen molar-refractivity contribution in [2.24, 2.45) is 0 Å². The Labute approximate surface area is 108 Å². The van der Waals surface area contributed by atoms with Crippen LogP contribution in [0.4, 0.5) is 0 Å². The summed E-state index contributed by atoms with van der Waals surface area (Å²) < 4.78 is 6.14. The van der Waals surface area contributed by atoms with Gasteiger partial charge >= 0.3 is 0 Å². The van der Waals surface area contributed by atoms with E-state index in [1.54, 1.807) is 0 Å². The van der Waals surface area contributed by atoms with E-state index in [0.29, 0.717) is 0 Å². The van der Waals surface area contributed by atoms with E-state index in [9.17, 15) is 0 Å². The molecule has 1 aliphatic rings. The van der Waals surface area contributed by atoms with Gasteiger partial charge in [-0.1, -0.05) is 24.6 Å². The van der Waals surface area contributed by atoms with Crippen LogP contribution in [0.1, 0.15) is 32.6 Å². The third kappa shape index (κ3) is 3.36.